The Bertz CT molecular complexity index is 920. The zero-order valence-electron chi connectivity index (χ0n) is 17.4. The van der Waals surface area contributed by atoms with Crippen molar-refractivity contribution in [3.8, 4) is 0 Å². The van der Waals surface area contributed by atoms with Gasteiger partial charge in [-0.3, -0.25) is 4.90 Å². The lowest BCUT2D eigenvalue weighted by atomic mass is 10.2. The Hall–Kier alpha value is -2.41. The molecule has 2 aromatic carbocycles. The van der Waals surface area contributed by atoms with Crippen LogP contribution < -0.4 is 5.32 Å². The van der Waals surface area contributed by atoms with E-state index in [2.05, 4.69) is 34.2 Å². The van der Waals surface area contributed by atoms with E-state index in [9.17, 15) is 0 Å². The maximum atomic E-state index is 6.15. The lowest BCUT2D eigenvalue weighted by molar-refractivity contribution is 0.0365. The highest BCUT2D eigenvalue weighted by molar-refractivity contribution is 7.80. The van der Waals surface area contributed by atoms with E-state index >= 15 is 0 Å². The predicted octanol–water partition coefficient (Wildman–Crippen LogP) is 4.92. The van der Waals surface area contributed by atoms with Gasteiger partial charge in [0.05, 0.1) is 19.3 Å². The molecule has 0 bridgehead atoms. The van der Waals surface area contributed by atoms with Gasteiger partial charge in [0, 0.05) is 37.3 Å². The Kier molecular flexibility index (Phi) is 7.00. The molecule has 1 saturated heterocycles. The molecule has 0 radical (unpaired) electrons. The third-order valence-electron chi connectivity index (χ3n) is 5.59. The highest BCUT2D eigenvalue weighted by atomic mass is 32.1. The van der Waals surface area contributed by atoms with Gasteiger partial charge < -0.3 is 19.4 Å². The molecule has 6 heteroatoms. The second-order valence-corrected chi connectivity index (χ2v) is 8.05. The van der Waals surface area contributed by atoms with Crippen LogP contribution >= 0.6 is 12.2 Å². The summed E-state index contributed by atoms with van der Waals surface area (Å²) in [6.07, 6.45) is 1.03. The molecular weight excluding hydrogens is 394 g/mol. The van der Waals surface area contributed by atoms with E-state index in [1.165, 1.54) is 0 Å². The number of para-hydroxylation sites is 2. The van der Waals surface area contributed by atoms with Crippen molar-refractivity contribution in [1.82, 2.24) is 9.80 Å². The van der Waals surface area contributed by atoms with Gasteiger partial charge in [-0.2, -0.15) is 0 Å². The van der Waals surface area contributed by atoms with Gasteiger partial charge in [0.2, 0.25) is 0 Å². The van der Waals surface area contributed by atoms with Crippen molar-refractivity contribution in [2.24, 2.45) is 0 Å². The molecule has 3 aromatic rings. The number of hydrogen-bond acceptors (Lipinski definition) is 4. The Labute approximate surface area is 183 Å². The molecule has 0 aliphatic carbocycles. The second-order valence-electron chi connectivity index (χ2n) is 7.66. The highest BCUT2D eigenvalue weighted by Gasteiger charge is 2.22. The van der Waals surface area contributed by atoms with Crippen LogP contribution in [0.4, 0.5) is 5.69 Å². The summed E-state index contributed by atoms with van der Waals surface area (Å²) < 4.78 is 11.6. The molecule has 0 saturated carbocycles. The summed E-state index contributed by atoms with van der Waals surface area (Å²) in [6.45, 7) is 7.72. The summed E-state index contributed by atoms with van der Waals surface area (Å²) in [5.41, 5.74) is 1.91. The summed E-state index contributed by atoms with van der Waals surface area (Å²) in [4.78, 5) is 4.70. The average Bonchev–Trinajstić information content (AvgIpc) is 3.22. The van der Waals surface area contributed by atoms with E-state index in [0.717, 1.165) is 73.3 Å². The summed E-state index contributed by atoms with van der Waals surface area (Å²) in [6, 6.07) is 20.4. The Morgan fingerprint density at radius 1 is 1.10 bits per heavy atom. The smallest absolute Gasteiger partial charge is 0.174 e. The minimum atomic E-state index is 0.0331. The molecule has 5 nitrogen and oxygen atoms in total. The van der Waals surface area contributed by atoms with Crippen molar-refractivity contribution in [2.75, 3.05) is 44.7 Å². The van der Waals surface area contributed by atoms with Crippen molar-refractivity contribution in [2.45, 2.75) is 19.4 Å². The fraction of sp³-hybridized carbons (Fsp3) is 0.375. The first-order valence-corrected chi connectivity index (χ1v) is 11.0. The third-order valence-corrected chi connectivity index (χ3v) is 5.92. The maximum absolute atomic E-state index is 6.15. The lowest BCUT2D eigenvalue weighted by Crippen LogP contribution is -2.41. The van der Waals surface area contributed by atoms with Crippen LogP contribution in [0.25, 0.3) is 11.0 Å². The van der Waals surface area contributed by atoms with Crippen molar-refractivity contribution < 1.29 is 9.15 Å². The number of rotatable bonds is 7. The number of benzene rings is 2. The maximum Gasteiger partial charge on any atom is 0.174 e. The first-order chi connectivity index (χ1) is 14.7. The second kappa shape index (κ2) is 10.1. The number of thiocarbonyl (C=S) groups is 1. The van der Waals surface area contributed by atoms with Gasteiger partial charge in [-0.15, -0.1) is 0 Å². The standard InChI is InChI=1S/C24H29N3O2S/c1-19(23-18-20-8-5-6-11-22(20)29-23)27(13-7-12-26-14-16-28-17-15-26)24(30)25-21-9-3-2-4-10-21/h2-6,8-11,18-19H,7,12-17H2,1H3,(H,25,30). The topological polar surface area (TPSA) is 40.9 Å². The van der Waals surface area contributed by atoms with Crippen LogP contribution in [0.5, 0.6) is 0 Å². The van der Waals surface area contributed by atoms with Gasteiger partial charge in [0.15, 0.2) is 5.11 Å². The summed E-state index contributed by atoms with van der Waals surface area (Å²) >= 11 is 5.82. The predicted molar refractivity (Wildman–Crippen MR) is 126 cm³/mol. The number of fused-ring (bicyclic) bond motifs is 1. The molecule has 1 aliphatic heterocycles. The normalized spacial score (nSPS) is 15.8. The summed E-state index contributed by atoms with van der Waals surface area (Å²) in [5.74, 6) is 0.930. The molecule has 1 aromatic heterocycles. The molecule has 1 aliphatic rings. The lowest BCUT2D eigenvalue weighted by Gasteiger charge is -2.32. The number of ether oxygens (including phenoxy) is 1. The number of anilines is 1. The van der Waals surface area contributed by atoms with E-state index < -0.39 is 0 Å². The van der Waals surface area contributed by atoms with E-state index in [1.54, 1.807) is 0 Å². The quantitative estimate of drug-likeness (QED) is 0.544. The highest BCUT2D eigenvalue weighted by Crippen LogP contribution is 2.28. The van der Waals surface area contributed by atoms with Crippen molar-refractivity contribution in [1.29, 1.82) is 0 Å². The van der Waals surface area contributed by atoms with Crippen molar-refractivity contribution in [3.05, 3.63) is 66.4 Å². The van der Waals surface area contributed by atoms with Gasteiger partial charge in [-0.25, -0.2) is 0 Å². The third kappa shape index (κ3) is 5.19. The summed E-state index contributed by atoms with van der Waals surface area (Å²) in [7, 11) is 0. The molecule has 1 N–H and O–H groups in total. The Morgan fingerprint density at radius 2 is 1.83 bits per heavy atom. The molecule has 0 amide bonds. The van der Waals surface area contributed by atoms with E-state index in [1.807, 2.05) is 48.5 Å². The Balaban J connectivity index is 1.48. The fourth-order valence-corrected chi connectivity index (χ4v) is 4.21. The molecular formula is C24H29N3O2S. The largest absolute Gasteiger partial charge is 0.459 e. The number of morpholine rings is 1. The van der Waals surface area contributed by atoms with Crippen LogP contribution in [-0.2, 0) is 4.74 Å². The molecule has 30 heavy (non-hydrogen) atoms. The molecule has 0 spiro atoms. The van der Waals surface area contributed by atoms with Gasteiger partial charge in [0.25, 0.3) is 0 Å². The fourth-order valence-electron chi connectivity index (χ4n) is 3.84. The van der Waals surface area contributed by atoms with Crippen LogP contribution in [0.1, 0.15) is 25.1 Å². The minimum absolute atomic E-state index is 0.0331. The van der Waals surface area contributed by atoms with Gasteiger partial charge in [0.1, 0.15) is 11.3 Å². The molecule has 158 valence electrons. The number of nitrogens with zero attached hydrogens (tertiary/aromatic N) is 2. The zero-order chi connectivity index (χ0) is 20.8. The van der Waals surface area contributed by atoms with Crippen LogP contribution in [0, 0.1) is 0 Å². The molecule has 1 atom stereocenters. The van der Waals surface area contributed by atoms with Gasteiger partial charge in [-0.1, -0.05) is 36.4 Å². The number of nitrogens with one attached hydrogen (secondary N) is 1. The zero-order valence-corrected chi connectivity index (χ0v) is 18.2. The van der Waals surface area contributed by atoms with Crippen LogP contribution in [0.2, 0.25) is 0 Å². The molecule has 1 unspecified atom stereocenters. The van der Waals surface area contributed by atoms with Crippen molar-refractivity contribution >= 4 is 34.0 Å². The molecule has 2 heterocycles. The van der Waals surface area contributed by atoms with E-state index in [-0.39, 0.29) is 6.04 Å². The number of furan rings is 1. The monoisotopic (exact) mass is 423 g/mol. The van der Waals surface area contributed by atoms with Crippen LogP contribution in [0.15, 0.2) is 65.1 Å². The first kappa shape index (κ1) is 20.8. The van der Waals surface area contributed by atoms with Gasteiger partial charge >= 0.3 is 0 Å². The summed E-state index contributed by atoms with van der Waals surface area (Å²) in [5, 5.41) is 5.24. The number of hydrogen-bond donors (Lipinski definition) is 1. The molecule has 4 rings (SSSR count). The van der Waals surface area contributed by atoms with Crippen LogP contribution in [0.3, 0.4) is 0 Å². The molecule has 1 fully saturated rings. The Morgan fingerprint density at radius 3 is 2.60 bits per heavy atom. The van der Waals surface area contributed by atoms with Gasteiger partial charge in [-0.05, 0) is 49.8 Å². The average molecular weight is 424 g/mol. The van der Waals surface area contributed by atoms with E-state index in [4.69, 9.17) is 21.4 Å². The minimum Gasteiger partial charge on any atom is -0.459 e. The van der Waals surface area contributed by atoms with E-state index in [0.29, 0.717) is 0 Å². The SMILES string of the molecule is CC(c1cc2ccccc2o1)N(CCCN1CCOCC1)C(=S)Nc1ccccc1. The van der Waals surface area contributed by atoms with Crippen molar-refractivity contribution in [3.63, 3.8) is 0 Å². The van der Waals surface area contributed by atoms with Crippen LogP contribution in [-0.4, -0.2) is 54.3 Å². The first-order valence-electron chi connectivity index (χ1n) is 10.6.